The maximum absolute atomic E-state index is 11.9. The van der Waals surface area contributed by atoms with Gasteiger partial charge in [0.05, 0.1) is 10.4 Å². The summed E-state index contributed by atoms with van der Waals surface area (Å²) in [6, 6.07) is 20.5. The molecule has 2 amide bonds. The second-order valence-electron chi connectivity index (χ2n) is 10.2. The second kappa shape index (κ2) is 21.4. The van der Waals surface area contributed by atoms with Crippen LogP contribution in [-0.2, 0) is 16.1 Å². The Morgan fingerprint density at radius 1 is 0.850 bits per heavy atom. The van der Waals surface area contributed by atoms with Gasteiger partial charge in [-0.3, -0.25) is 4.98 Å². The van der Waals surface area contributed by atoms with Crippen molar-refractivity contribution in [1.29, 1.82) is 0 Å². The van der Waals surface area contributed by atoms with Crippen LogP contribution in [0.3, 0.4) is 0 Å². The SMILES string of the molecule is CC(C)CC(OC(=O)NCCCCNC(=O)OCc1cncs1)C(C)C.Cc1ccccc1.Cc1ccccc1.[HH].[HH]. The standard InChI is InChI=1S/C18H31N3O4S.2C7H8.2H2/c1-13(2)9-16(14(3)4)25-18(23)21-8-6-5-7-20-17(22)24-11-15-10-19-12-26-15;2*1-7-5-3-2-4-6-7;;/h10,12-14,16H,5-9,11H2,1-4H3,(H,20,22)(H,21,23);2*2-6H,1H3;2*1H. The molecular formula is C32H51N3O4S. The van der Waals surface area contributed by atoms with Gasteiger partial charge in [0.25, 0.3) is 0 Å². The van der Waals surface area contributed by atoms with E-state index in [1.54, 1.807) is 11.7 Å². The van der Waals surface area contributed by atoms with Crippen LogP contribution in [0.5, 0.6) is 0 Å². The first-order chi connectivity index (χ1) is 19.2. The van der Waals surface area contributed by atoms with Crippen LogP contribution in [0.15, 0.2) is 72.4 Å². The Hall–Kier alpha value is -3.39. The van der Waals surface area contributed by atoms with E-state index >= 15 is 0 Å². The fourth-order valence-corrected chi connectivity index (χ4v) is 3.81. The zero-order valence-electron chi connectivity index (χ0n) is 24.9. The van der Waals surface area contributed by atoms with Gasteiger partial charge < -0.3 is 20.1 Å². The lowest BCUT2D eigenvalue weighted by atomic mass is 9.97. The van der Waals surface area contributed by atoms with Crippen LogP contribution in [0, 0.1) is 25.7 Å². The number of carbonyl (C=O) groups excluding carboxylic acids is 2. The molecule has 0 aliphatic rings. The molecule has 2 N–H and O–H groups in total. The number of unbranched alkanes of at least 4 members (excludes halogenated alkanes) is 1. The van der Waals surface area contributed by atoms with Gasteiger partial charge in [-0.2, -0.15) is 0 Å². The number of thiazole rings is 1. The van der Waals surface area contributed by atoms with E-state index in [2.05, 4.69) is 81.4 Å². The normalized spacial score (nSPS) is 10.9. The molecule has 0 bridgehead atoms. The van der Waals surface area contributed by atoms with Gasteiger partial charge in [-0.1, -0.05) is 99.5 Å². The van der Waals surface area contributed by atoms with Crippen molar-refractivity contribution >= 4 is 23.5 Å². The second-order valence-corrected chi connectivity index (χ2v) is 11.2. The number of rotatable bonds is 11. The van der Waals surface area contributed by atoms with E-state index in [4.69, 9.17) is 9.47 Å². The Kier molecular flexibility index (Phi) is 18.6. The third-order valence-corrected chi connectivity index (χ3v) is 6.31. The number of alkyl carbamates (subject to hydrolysis) is 2. The fourth-order valence-electron chi connectivity index (χ4n) is 3.30. The number of nitrogens with one attached hydrogen (secondary N) is 2. The van der Waals surface area contributed by atoms with Gasteiger partial charge in [-0.05, 0) is 44.9 Å². The van der Waals surface area contributed by atoms with Gasteiger partial charge in [-0.25, -0.2) is 9.59 Å². The number of hydrogen-bond acceptors (Lipinski definition) is 6. The number of aryl methyl sites for hydroxylation is 2. The van der Waals surface area contributed by atoms with Crippen molar-refractivity contribution in [3.63, 3.8) is 0 Å². The Balaban J connectivity index is 0. The smallest absolute Gasteiger partial charge is 0.407 e. The summed E-state index contributed by atoms with van der Waals surface area (Å²) in [5.41, 5.74) is 4.34. The minimum absolute atomic E-state index is 0. The predicted octanol–water partition coefficient (Wildman–Crippen LogP) is 8.43. The molecule has 0 fully saturated rings. The molecule has 3 aromatic rings. The molecule has 0 aliphatic carbocycles. The van der Waals surface area contributed by atoms with Crippen LogP contribution in [0.25, 0.3) is 0 Å². The highest BCUT2D eigenvalue weighted by Crippen LogP contribution is 2.16. The summed E-state index contributed by atoms with van der Waals surface area (Å²) in [5.74, 6) is 0.778. The van der Waals surface area contributed by atoms with Crippen LogP contribution in [0.2, 0.25) is 0 Å². The van der Waals surface area contributed by atoms with Gasteiger partial charge >= 0.3 is 12.2 Å². The molecule has 3 rings (SSSR count). The highest BCUT2D eigenvalue weighted by molar-refractivity contribution is 7.09. The highest BCUT2D eigenvalue weighted by atomic mass is 32.1. The molecule has 0 saturated heterocycles. The van der Waals surface area contributed by atoms with E-state index in [9.17, 15) is 9.59 Å². The first-order valence-corrected chi connectivity index (χ1v) is 14.8. The molecule has 0 saturated carbocycles. The van der Waals surface area contributed by atoms with Crippen molar-refractivity contribution in [3.8, 4) is 0 Å². The molecule has 0 radical (unpaired) electrons. The largest absolute Gasteiger partial charge is 0.446 e. The molecule has 224 valence electrons. The number of carbonyl (C=O) groups is 2. The van der Waals surface area contributed by atoms with Gasteiger partial charge in [0.15, 0.2) is 0 Å². The molecule has 40 heavy (non-hydrogen) atoms. The van der Waals surface area contributed by atoms with Gasteiger partial charge in [0.1, 0.15) is 12.7 Å². The third-order valence-electron chi connectivity index (χ3n) is 5.56. The fraction of sp³-hybridized carbons (Fsp3) is 0.469. The molecule has 0 aliphatic heterocycles. The third kappa shape index (κ3) is 18.8. The Morgan fingerprint density at radius 2 is 1.38 bits per heavy atom. The maximum Gasteiger partial charge on any atom is 0.407 e. The van der Waals surface area contributed by atoms with Crippen molar-refractivity contribution in [2.75, 3.05) is 13.1 Å². The topological polar surface area (TPSA) is 89.6 Å². The van der Waals surface area contributed by atoms with Crippen molar-refractivity contribution in [1.82, 2.24) is 15.6 Å². The summed E-state index contributed by atoms with van der Waals surface area (Å²) >= 11 is 1.44. The Labute approximate surface area is 247 Å². The molecule has 1 unspecified atom stereocenters. The zero-order chi connectivity index (χ0) is 29.6. The van der Waals surface area contributed by atoms with E-state index in [1.807, 2.05) is 36.4 Å². The monoisotopic (exact) mass is 573 g/mol. The molecular weight excluding hydrogens is 522 g/mol. The Morgan fingerprint density at radius 3 is 1.77 bits per heavy atom. The van der Waals surface area contributed by atoms with Crippen LogP contribution < -0.4 is 10.6 Å². The van der Waals surface area contributed by atoms with Crippen molar-refractivity contribution < 1.29 is 21.9 Å². The average molecular weight is 574 g/mol. The molecule has 1 aromatic heterocycles. The van der Waals surface area contributed by atoms with Crippen molar-refractivity contribution in [2.24, 2.45) is 11.8 Å². The first-order valence-electron chi connectivity index (χ1n) is 13.9. The van der Waals surface area contributed by atoms with E-state index in [-0.39, 0.29) is 21.7 Å². The quantitative estimate of drug-likeness (QED) is 0.225. The molecule has 8 heteroatoms. The van der Waals surface area contributed by atoms with E-state index in [0.29, 0.717) is 24.9 Å². The van der Waals surface area contributed by atoms with Crippen LogP contribution >= 0.6 is 11.3 Å². The molecule has 7 nitrogen and oxygen atoms in total. The number of benzene rings is 2. The summed E-state index contributed by atoms with van der Waals surface area (Å²) in [4.78, 5) is 28.2. The Bertz CT molecular complexity index is 1000. The average Bonchev–Trinajstić information content (AvgIpc) is 3.44. The van der Waals surface area contributed by atoms with Crippen LogP contribution in [0.1, 0.15) is 65.8 Å². The van der Waals surface area contributed by atoms with Crippen LogP contribution in [0.4, 0.5) is 9.59 Å². The summed E-state index contributed by atoms with van der Waals surface area (Å²) in [7, 11) is 0. The summed E-state index contributed by atoms with van der Waals surface area (Å²) in [6.07, 6.45) is 3.15. The minimum atomic E-state index is -0.445. The molecule has 2 aromatic carbocycles. The molecule has 0 spiro atoms. The van der Waals surface area contributed by atoms with Gasteiger partial charge in [0.2, 0.25) is 0 Å². The maximum atomic E-state index is 11.9. The van der Waals surface area contributed by atoms with Crippen molar-refractivity contribution in [2.45, 2.75) is 73.5 Å². The summed E-state index contributed by atoms with van der Waals surface area (Å²) in [5, 5.41) is 5.44. The number of aromatic nitrogens is 1. The zero-order valence-corrected chi connectivity index (χ0v) is 25.7. The number of ether oxygens (including phenoxy) is 2. The summed E-state index contributed by atoms with van der Waals surface area (Å²) in [6.45, 7) is 13.8. The summed E-state index contributed by atoms with van der Waals surface area (Å²) < 4.78 is 10.6. The molecule has 1 atom stereocenters. The van der Waals surface area contributed by atoms with E-state index in [1.165, 1.54) is 22.5 Å². The number of hydrogen-bond donors (Lipinski definition) is 2. The lowest BCUT2D eigenvalue weighted by molar-refractivity contribution is 0.0580. The van der Waals surface area contributed by atoms with Crippen molar-refractivity contribution in [3.05, 3.63) is 88.4 Å². The van der Waals surface area contributed by atoms with E-state index in [0.717, 1.165) is 24.1 Å². The van der Waals surface area contributed by atoms with E-state index < -0.39 is 6.09 Å². The number of nitrogens with zero attached hydrogens (tertiary/aromatic N) is 1. The molecule has 1 heterocycles. The first kappa shape index (κ1) is 34.6. The van der Waals surface area contributed by atoms with Gasteiger partial charge in [0, 0.05) is 22.1 Å². The lowest BCUT2D eigenvalue weighted by Crippen LogP contribution is -2.33. The van der Waals surface area contributed by atoms with Crippen LogP contribution in [-0.4, -0.2) is 36.4 Å². The highest BCUT2D eigenvalue weighted by Gasteiger charge is 2.19. The predicted molar refractivity (Wildman–Crippen MR) is 169 cm³/mol. The van der Waals surface area contributed by atoms with Gasteiger partial charge in [-0.15, -0.1) is 11.3 Å². The minimum Gasteiger partial charge on any atom is -0.446 e. The number of amides is 2. The lowest BCUT2D eigenvalue weighted by Gasteiger charge is -2.23.